The van der Waals surface area contributed by atoms with Gasteiger partial charge in [-0.1, -0.05) is 0 Å². The lowest BCUT2D eigenvalue weighted by Gasteiger charge is -2.03. The average Bonchev–Trinajstić information content (AvgIpc) is 2.18. The van der Waals surface area contributed by atoms with Crippen LogP contribution in [0.3, 0.4) is 0 Å². The van der Waals surface area contributed by atoms with Crippen LogP contribution in [-0.4, -0.2) is 30.2 Å². The Kier molecular flexibility index (Phi) is 2.08. The minimum Gasteiger partial charge on any atom is -0.342 e. The van der Waals surface area contributed by atoms with Crippen LogP contribution in [0.4, 0.5) is 0 Å². The molecule has 0 saturated carbocycles. The molecule has 0 aromatic carbocycles. The number of amides is 1. The summed E-state index contributed by atoms with van der Waals surface area (Å²) in [6.45, 7) is 2.19. The smallest absolute Gasteiger partial charge is 0.249 e. The number of rotatable bonds is 1. The van der Waals surface area contributed by atoms with Gasteiger partial charge in [-0.3, -0.25) is 9.59 Å². The highest BCUT2D eigenvalue weighted by molar-refractivity contribution is 6.02. The normalized spacial score (nSPS) is 21.5. The lowest BCUT2D eigenvalue weighted by Crippen LogP contribution is -2.19. The molecule has 0 radical (unpaired) electrons. The number of nitrogens with zero attached hydrogens (tertiary/aromatic N) is 1. The van der Waals surface area contributed by atoms with Crippen LogP contribution in [0.15, 0.2) is 11.6 Å². The van der Waals surface area contributed by atoms with Crippen LogP contribution in [0.25, 0.3) is 0 Å². The first kappa shape index (κ1) is 7.98. The zero-order valence-corrected chi connectivity index (χ0v) is 6.76. The Morgan fingerprint density at radius 3 is 2.64 bits per heavy atom. The first-order valence-corrected chi connectivity index (χ1v) is 3.58. The van der Waals surface area contributed by atoms with Gasteiger partial charge in [-0.2, -0.15) is 0 Å². The molecule has 1 amide bonds. The van der Waals surface area contributed by atoms with Crippen molar-refractivity contribution in [3.05, 3.63) is 11.6 Å². The van der Waals surface area contributed by atoms with Crippen molar-refractivity contribution in [1.29, 1.82) is 0 Å². The van der Waals surface area contributed by atoms with E-state index in [0.29, 0.717) is 12.0 Å². The molecule has 1 aliphatic rings. The fourth-order valence-corrected chi connectivity index (χ4v) is 1.12. The van der Waals surface area contributed by atoms with E-state index in [1.165, 1.54) is 13.0 Å². The highest BCUT2D eigenvalue weighted by Crippen LogP contribution is 2.14. The molecule has 3 nitrogen and oxygen atoms in total. The summed E-state index contributed by atoms with van der Waals surface area (Å²) in [5.41, 5.74) is 0.639. The van der Waals surface area contributed by atoms with Gasteiger partial charge in [-0.05, 0) is 19.4 Å². The third kappa shape index (κ3) is 1.67. The number of allylic oxidation sites excluding steroid dienone is 1. The van der Waals surface area contributed by atoms with Gasteiger partial charge in [0.1, 0.15) is 0 Å². The summed E-state index contributed by atoms with van der Waals surface area (Å²) >= 11 is 0. The zero-order valence-electron chi connectivity index (χ0n) is 6.76. The SMILES string of the molecule is CC(=O)/C=C1\CCN(C)C1=O. The zero-order chi connectivity index (χ0) is 8.43. The molecule has 1 rings (SSSR count). The molecule has 0 atom stereocenters. The molecule has 0 N–H and O–H groups in total. The van der Waals surface area contributed by atoms with Gasteiger partial charge in [0.15, 0.2) is 5.78 Å². The van der Waals surface area contributed by atoms with E-state index in [2.05, 4.69) is 0 Å². The largest absolute Gasteiger partial charge is 0.342 e. The fourth-order valence-electron chi connectivity index (χ4n) is 1.12. The molecular formula is C8H11NO2. The summed E-state index contributed by atoms with van der Waals surface area (Å²) in [5.74, 6) is -0.0659. The van der Waals surface area contributed by atoms with Crippen molar-refractivity contribution < 1.29 is 9.59 Å². The molecule has 1 saturated heterocycles. The molecule has 1 aliphatic heterocycles. The fraction of sp³-hybridized carbons (Fsp3) is 0.500. The van der Waals surface area contributed by atoms with Gasteiger partial charge in [0.25, 0.3) is 0 Å². The van der Waals surface area contributed by atoms with Crippen LogP contribution in [-0.2, 0) is 9.59 Å². The number of likely N-dealkylation sites (tertiary alicyclic amines) is 1. The minimum atomic E-state index is -0.0522. The average molecular weight is 153 g/mol. The maximum atomic E-state index is 11.1. The van der Waals surface area contributed by atoms with E-state index in [1.807, 2.05) is 0 Å². The Morgan fingerprint density at radius 2 is 2.27 bits per heavy atom. The Hall–Kier alpha value is -1.12. The monoisotopic (exact) mass is 153 g/mol. The molecule has 60 valence electrons. The molecule has 0 aromatic rings. The quantitative estimate of drug-likeness (QED) is 0.510. The number of carbonyl (C=O) groups excluding carboxylic acids is 2. The summed E-state index contributed by atoms with van der Waals surface area (Å²) in [6, 6.07) is 0. The van der Waals surface area contributed by atoms with E-state index in [4.69, 9.17) is 0 Å². The van der Waals surface area contributed by atoms with Crippen LogP contribution < -0.4 is 0 Å². The molecule has 0 aliphatic carbocycles. The molecule has 0 unspecified atom stereocenters. The highest BCUT2D eigenvalue weighted by Gasteiger charge is 2.22. The van der Waals surface area contributed by atoms with Gasteiger partial charge >= 0.3 is 0 Å². The predicted molar refractivity (Wildman–Crippen MR) is 41.0 cm³/mol. The summed E-state index contributed by atoms with van der Waals surface area (Å²) in [4.78, 5) is 23.4. The van der Waals surface area contributed by atoms with Crippen molar-refractivity contribution in [2.45, 2.75) is 13.3 Å². The molecule has 0 bridgehead atoms. The van der Waals surface area contributed by atoms with Crippen molar-refractivity contribution in [3.8, 4) is 0 Å². The number of carbonyl (C=O) groups is 2. The molecule has 3 heteroatoms. The first-order valence-electron chi connectivity index (χ1n) is 3.58. The maximum Gasteiger partial charge on any atom is 0.249 e. The summed E-state index contributed by atoms with van der Waals surface area (Å²) < 4.78 is 0. The second-order valence-electron chi connectivity index (χ2n) is 2.76. The number of hydrogen-bond donors (Lipinski definition) is 0. The third-order valence-corrected chi connectivity index (χ3v) is 1.72. The molecular weight excluding hydrogens is 142 g/mol. The summed E-state index contributed by atoms with van der Waals surface area (Å²) in [6.07, 6.45) is 2.13. The standard InChI is InChI=1S/C8H11NO2/c1-6(10)5-7-3-4-9(2)8(7)11/h5H,3-4H2,1-2H3/b7-5+. The van der Waals surface area contributed by atoms with Crippen LogP contribution in [0.1, 0.15) is 13.3 Å². The summed E-state index contributed by atoms with van der Waals surface area (Å²) in [7, 11) is 1.74. The Bertz CT molecular complexity index is 230. The molecule has 0 aromatic heterocycles. The molecule has 0 spiro atoms. The van der Waals surface area contributed by atoms with Crippen molar-refractivity contribution in [1.82, 2.24) is 4.90 Å². The van der Waals surface area contributed by atoms with Gasteiger partial charge in [0.05, 0.1) is 0 Å². The van der Waals surface area contributed by atoms with Crippen LogP contribution in [0.2, 0.25) is 0 Å². The lowest BCUT2D eigenvalue weighted by atomic mass is 10.2. The van der Waals surface area contributed by atoms with Crippen molar-refractivity contribution >= 4 is 11.7 Å². The van der Waals surface area contributed by atoms with Crippen LogP contribution in [0, 0.1) is 0 Å². The Morgan fingerprint density at radius 1 is 1.64 bits per heavy atom. The predicted octanol–water partition coefficient (Wildman–Crippen LogP) is 0.364. The number of ketones is 1. The second kappa shape index (κ2) is 2.86. The topological polar surface area (TPSA) is 37.4 Å². The Balaban J connectivity index is 2.77. The van der Waals surface area contributed by atoms with E-state index in [0.717, 1.165) is 6.54 Å². The van der Waals surface area contributed by atoms with Crippen molar-refractivity contribution in [2.24, 2.45) is 0 Å². The first-order chi connectivity index (χ1) is 5.11. The highest BCUT2D eigenvalue weighted by atomic mass is 16.2. The maximum absolute atomic E-state index is 11.1. The van der Waals surface area contributed by atoms with Crippen LogP contribution in [0.5, 0.6) is 0 Å². The molecule has 1 fully saturated rings. The number of hydrogen-bond acceptors (Lipinski definition) is 2. The molecule has 11 heavy (non-hydrogen) atoms. The van der Waals surface area contributed by atoms with E-state index < -0.39 is 0 Å². The second-order valence-corrected chi connectivity index (χ2v) is 2.76. The minimum absolute atomic E-state index is 0.0137. The van der Waals surface area contributed by atoms with Gasteiger partial charge < -0.3 is 4.90 Å². The van der Waals surface area contributed by atoms with Gasteiger partial charge in [-0.15, -0.1) is 0 Å². The van der Waals surface area contributed by atoms with E-state index in [9.17, 15) is 9.59 Å². The Labute approximate surface area is 65.7 Å². The van der Waals surface area contributed by atoms with Gasteiger partial charge in [-0.25, -0.2) is 0 Å². The van der Waals surface area contributed by atoms with Gasteiger partial charge in [0, 0.05) is 19.2 Å². The summed E-state index contributed by atoms with van der Waals surface area (Å²) in [5, 5.41) is 0. The van der Waals surface area contributed by atoms with Crippen LogP contribution >= 0.6 is 0 Å². The van der Waals surface area contributed by atoms with E-state index in [1.54, 1.807) is 11.9 Å². The van der Waals surface area contributed by atoms with E-state index >= 15 is 0 Å². The van der Waals surface area contributed by atoms with E-state index in [-0.39, 0.29) is 11.7 Å². The third-order valence-electron chi connectivity index (χ3n) is 1.72. The number of likely N-dealkylation sites (N-methyl/N-ethyl adjacent to an activating group) is 1. The van der Waals surface area contributed by atoms with Crippen molar-refractivity contribution in [2.75, 3.05) is 13.6 Å². The van der Waals surface area contributed by atoms with Crippen molar-refractivity contribution in [3.63, 3.8) is 0 Å². The molecule has 1 heterocycles. The van der Waals surface area contributed by atoms with Gasteiger partial charge in [0.2, 0.25) is 5.91 Å². The lowest BCUT2D eigenvalue weighted by molar-refractivity contribution is -0.124.